The Morgan fingerprint density at radius 3 is 2.50 bits per heavy atom. The fourth-order valence-electron chi connectivity index (χ4n) is 2.87. The van der Waals surface area contributed by atoms with Crippen molar-refractivity contribution < 1.29 is 5.11 Å². The molecule has 0 radical (unpaired) electrons. The van der Waals surface area contributed by atoms with Gasteiger partial charge in [-0.15, -0.1) is 0 Å². The van der Waals surface area contributed by atoms with Crippen LogP contribution in [0.25, 0.3) is 0 Å². The maximum absolute atomic E-state index is 10.1. The highest BCUT2D eigenvalue weighted by atomic mass is 16.3. The van der Waals surface area contributed by atoms with Crippen LogP contribution in [-0.4, -0.2) is 48.8 Å². The number of nitrogens with one attached hydrogen (secondary N) is 1. The standard InChI is InChI=1S/C17H28N2O/c1-17(2,15-8-4-3-5-9-15)14-18-12-16(20)13-19-10-6-7-11-19/h3-5,8-9,16,18,20H,6-7,10-14H2,1-2H3. The normalized spacial score (nSPS) is 18.4. The van der Waals surface area contributed by atoms with Crippen LogP contribution < -0.4 is 5.32 Å². The van der Waals surface area contributed by atoms with E-state index in [0.29, 0.717) is 6.54 Å². The zero-order valence-electron chi connectivity index (χ0n) is 12.8. The van der Waals surface area contributed by atoms with E-state index in [9.17, 15) is 5.11 Å². The number of likely N-dealkylation sites (tertiary alicyclic amines) is 1. The molecule has 0 bridgehead atoms. The minimum atomic E-state index is -0.264. The van der Waals surface area contributed by atoms with E-state index in [1.54, 1.807) is 0 Å². The van der Waals surface area contributed by atoms with Gasteiger partial charge in [-0.3, -0.25) is 0 Å². The van der Waals surface area contributed by atoms with Gasteiger partial charge in [0, 0.05) is 25.0 Å². The lowest BCUT2D eigenvalue weighted by molar-refractivity contribution is 0.122. The quantitative estimate of drug-likeness (QED) is 0.800. The fourth-order valence-corrected chi connectivity index (χ4v) is 2.87. The largest absolute Gasteiger partial charge is 0.390 e. The van der Waals surface area contributed by atoms with E-state index < -0.39 is 0 Å². The van der Waals surface area contributed by atoms with Crippen LogP contribution in [0.15, 0.2) is 30.3 Å². The van der Waals surface area contributed by atoms with Crippen molar-refractivity contribution in [3.05, 3.63) is 35.9 Å². The first-order valence-corrected chi connectivity index (χ1v) is 7.74. The molecule has 1 aliphatic heterocycles. The second-order valence-electron chi connectivity index (χ2n) is 6.54. The Kier molecular flexibility index (Phi) is 5.58. The van der Waals surface area contributed by atoms with Crippen LogP contribution in [0.3, 0.4) is 0 Å². The summed E-state index contributed by atoms with van der Waals surface area (Å²) < 4.78 is 0. The summed E-state index contributed by atoms with van der Waals surface area (Å²) in [6.07, 6.45) is 2.29. The van der Waals surface area contributed by atoms with Crippen molar-refractivity contribution in [3.8, 4) is 0 Å². The van der Waals surface area contributed by atoms with Gasteiger partial charge >= 0.3 is 0 Å². The highest BCUT2D eigenvalue weighted by Gasteiger charge is 2.21. The minimum Gasteiger partial charge on any atom is -0.390 e. The molecule has 0 amide bonds. The fraction of sp³-hybridized carbons (Fsp3) is 0.647. The van der Waals surface area contributed by atoms with Crippen LogP contribution in [-0.2, 0) is 5.41 Å². The Bertz CT molecular complexity index is 385. The first kappa shape index (κ1) is 15.5. The van der Waals surface area contributed by atoms with Gasteiger partial charge in [0.05, 0.1) is 6.10 Å². The lowest BCUT2D eigenvalue weighted by Gasteiger charge is -2.27. The average molecular weight is 276 g/mol. The van der Waals surface area contributed by atoms with Gasteiger partial charge in [0.2, 0.25) is 0 Å². The number of aliphatic hydroxyl groups is 1. The molecular formula is C17H28N2O. The Balaban J connectivity index is 1.71. The zero-order chi connectivity index (χ0) is 14.4. The molecular weight excluding hydrogens is 248 g/mol. The Morgan fingerprint density at radius 2 is 1.85 bits per heavy atom. The number of benzene rings is 1. The smallest absolute Gasteiger partial charge is 0.0791 e. The molecule has 1 fully saturated rings. The number of rotatable bonds is 7. The van der Waals surface area contributed by atoms with Crippen molar-refractivity contribution >= 4 is 0 Å². The molecule has 1 atom stereocenters. The van der Waals surface area contributed by atoms with E-state index >= 15 is 0 Å². The van der Waals surface area contributed by atoms with Crippen LogP contribution >= 0.6 is 0 Å². The summed E-state index contributed by atoms with van der Waals surface area (Å²) in [5.41, 5.74) is 1.43. The van der Waals surface area contributed by atoms with E-state index in [-0.39, 0.29) is 11.5 Å². The van der Waals surface area contributed by atoms with Crippen molar-refractivity contribution in [1.29, 1.82) is 0 Å². The van der Waals surface area contributed by atoms with Crippen molar-refractivity contribution in [2.75, 3.05) is 32.7 Å². The molecule has 1 unspecified atom stereocenters. The summed E-state index contributed by atoms with van der Waals surface area (Å²) in [5.74, 6) is 0. The third-order valence-electron chi connectivity index (χ3n) is 4.17. The Morgan fingerprint density at radius 1 is 1.20 bits per heavy atom. The maximum atomic E-state index is 10.1. The predicted molar refractivity (Wildman–Crippen MR) is 84.0 cm³/mol. The average Bonchev–Trinajstić information content (AvgIpc) is 2.92. The molecule has 1 heterocycles. The van der Waals surface area contributed by atoms with Crippen LogP contribution in [0.2, 0.25) is 0 Å². The minimum absolute atomic E-state index is 0.0919. The summed E-state index contributed by atoms with van der Waals surface area (Å²) in [6, 6.07) is 10.6. The highest BCUT2D eigenvalue weighted by Crippen LogP contribution is 2.21. The second-order valence-corrected chi connectivity index (χ2v) is 6.54. The van der Waals surface area contributed by atoms with Crippen LogP contribution in [0.5, 0.6) is 0 Å². The van der Waals surface area contributed by atoms with E-state index in [4.69, 9.17) is 0 Å². The predicted octanol–water partition coefficient (Wildman–Crippen LogP) is 2.01. The molecule has 0 aliphatic carbocycles. The molecule has 2 N–H and O–H groups in total. The van der Waals surface area contributed by atoms with Gasteiger partial charge < -0.3 is 15.3 Å². The molecule has 1 aromatic rings. The molecule has 1 saturated heterocycles. The van der Waals surface area contributed by atoms with E-state index in [1.165, 1.54) is 18.4 Å². The topological polar surface area (TPSA) is 35.5 Å². The van der Waals surface area contributed by atoms with Crippen LogP contribution in [0.1, 0.15) is 32.3 Å². The van der Waals surface area contributed by atoms with Crippen molar-refractivity contribution in [2.24, 2.45) is 0 Å². The first-order valence-electron chi connectivity index (χ1n) is 7.74. The molecule has 3 nitrogen and oxygen atoms in total. The van der Waals surface area contributed by atoms with Crippen LogP contribution in [0, 0.1) is 0 Å². The molecule has 2 rings (SSSR count). The maximum Gasteiger partial charge on any atom is 0.0791 e. The van der Waals surface area contributed by atoms with Gasteiger partial charge in [-0.25, -0.2) is 0 Å². The van der Waals surface area contributed by atoms with E-state index in [2.05, 4.69) is 48.3 Å². The summed E-state index contributed by atoms with van der Waals surface area (Å²) >= 11 is 0. The summed E-state index contributed by atoms with van der Waals surface area (Å²) in [7, 11) is 0. The SMILES string of the molecule is CC(C)(CNCC(O)CN1CCCC1)c1ccccc1. The molecule has 1 aliphatic rings. The number of nitrogens with zero attached hydrogens (tertiary/aromatic N) is 1. The van der Waals surface area contributed by atoms with Gasteiger partial charge in [0.15, 0.2) is 0 Å². The number of hydrogen-bond donors (Lipinski definition) is 2. The Hall–Kier alpha value is -0.900. The molecule has 0 aromatic heterocycles. The number of hydrogen-bond acceptors (Lipinski definition) is 3. The van der Waals surface area contributed by atoms with Crippen molar-refractivity contribution in [3.63, 3.8) is 0 Å². The zero-order valence-corrected chi connectivity index (χ0v) is 12.8. The van der Waals surface area contributed by atoms with Crippen molar-refractivity contribution in [2.45, 2.75) is 38.2 Å². The Labute approximate surface area is 123 Å². The summed E-state index contributed by atoms with van der Waals surface area (Å²) in [6.45, 7) is 9.13. The molecule has 0 saturated carbocycles. The van der Waals surface area contributed by atoms with Crippen molar-refractivity contribution in [1.82, 2.24) is 10.2 Å². The van der Waals surface area contributed by atoms with E-state index in [0.717, 1.165) is 26.2 Å². The monoisotopic (exact) mass is 276 g/mol. The molecule has 1 aromatic carbocycles. The lowest BCUT2D eigenvalue weighted by Crippen LogP contribution is -2.41. The van der Waals surface area contributed by atoms with Gasteiger partial charge in [-0.2, -0.15) is 0 Å². The third-order valence-corrected chi connectivity index (χ3v) is 4.17. The summed E-state index contributed by atoms with van der Waals surface area (Å²) in [4.78, 5) is 2.36. The number of β-amino-alcohol motifs (C(OH)–C–C–N with tert-alkyl or cyclic N) is 1. The van der Waals surface area contributed by atoms with Crippen LogP contribution in [0.4, 0.5) is 0 Å². The summed E-state index contributed by atoms with van der Waals surface area (Å²) in [5, 5.41) is 13.5. The van der Waals surface area contributed by atoms with Gasteiger partial charge in [-0.1, -0.05) is 44.2 Å². The number of aliphatic hydroxyl groups excluding tert-OH is 1. The van der Waals surface area contributed by atoms with Gasteiger partial charge in [0.1, 0.15) is 0 Å². The second kappa shape index (κ2) is 7.21. The molecule has 0 spiro atoms. The van der Waals surface area contributed by atoms with E-state index in [1.807, 2.05) is 6.07 Å². The molecule has 112 valence electrons. The molecule has 3 heteroatoms. The van der Waals surface area contributed by atoms with Gasteiger partial charge in [0.25, 0.3) is 0 Å². The first-order chi connectivity index (χ1) is 9.58. The molecule has 20 heavy (non-hydrogen) atoms. The third kappa shape index (κ3) is 4.58. The van der Waals surface area contributed by atoms with Gasteiger partial charge in [-0.05, 0) is 31.5 Å². The lowest BCUT2D eigenvalue weighted by atomic mass is 9.84. The highest BCUT2D eigenvalue weighted by molar-refractivity contribution is 5.23.